The Morgan fingerprint density at radius 2 is 1.67 bits per heavy atom. The second kappa shape index (κ2) is 12.4. The summed E-state index contributed by atoms with van der Waals surface area (Å²) in [6.07, 6.45) is 5.98. The molecule has 5 heteroatoms. The molecule has 1 aliphatic rings. The molecular formula is C37H36ClNO3. The number of carbonyl (C=O) groups excluding carboxylic acids is 1. The molecule has 0 saturated heterocycles. The fourth-order valence-corrected chi connectivity index (χ4v) is 5.82. The number of benzene rings is 4. The number of hydrogen-bond acceptors (Lipinski definition) is 2. The SMILES string of the molecule is Cc1cc(Cl)ccc1-c1ccc(NC(=O)C(Cc2ccc(C(=O)O)cc2)c2cccc(C3=CCC(C)(C)CC3)c2)cc1. The lowest BCUT2D eigenvalue weighted by atomic mass is 9.76. The molecular weight excluding hydrogens is 542 g/mol. The lowest BCUT2D eigenvalue weighted by Crippen LogP contribution is -2.23. The van der Waals surface area contributed by atoms with Gasteiger partial charge in [-0.25, -0.2) is 4.79 Å². The molecule has 0 fully saturated rings. The van der Waals surface area contributed by atoms with E-state index in [0.29, 0.717) is 16.9 Å². The van der Waals surface area contributed by atoms with Crippen LogP contribution in [0.4, 0.5) is 5.69 Å². The summed E-state index contributed by atoms with van der Waals surface area (Å²) in [5.74, 6) is -1.53. The molecule has 0 aromatic heterocycles. The Morgan fingerprint density at radius 3 is 2.31 bits per heavy atom. The van der Waals surface area contributed by atoms with Gasteiger partial charge in [-0.2, -0.15) is 0 Å². The Kier molecular flexibility index (Phi) is 8.65. The number of hydrogen-bond donors (Lipinski definition) is 2. The van der Waals surface area contributed by atoms with Gasteiger partial charge in [-0.3, -0.25) is 4.79 Å². The van der Waals surface area contributed by atoms with Crippen molar-refractivity contribution in [3.8, 4) is 11.1 Å². The molecule has 4 aromatic rings. The highest BCUT2D eigenvalue weighted by molar-refractivity contribution is 6.30. The molecule has 4 nitrogen and oxygen atoms in total. The van der Waals surface area contributed by atoms with Crippen molar-refractivity contribution in [2.75, 3.05) is 5.32 Å². The number of nitrogens with one attached hydrogen (secondary N) is 1. The lowest BCUT2D eigenvalue weighted by Gasteiger charge is -2.29. The number of rotatable bonds is 8. The highest BCUT2D eigenvalue weighted by Gasteiger charge is 2.25. The van der Waals surface area contributed by atoms with Crippen LogP contribution in [0, 0.1) is 12.3 Å². The van der Waals surface area contributed by atoms with E-state index in [0.717, 1.165) is 58.3 Å². The fraction of sp³-hybridized carbons (Fsp3) is 0.243. The molecule has 214 valence electrons. The number of allylic oxidation sites excluding steroid dienone is 2. The van der Waals surface area contributed by atoms with Crippen LogP contribution in [0.3, 0.4) is 0 Å². The van der Waals surface area contributed by atoms with Gasteiger partial charge in [0, 0.05) is 10.7 Å². The zero-order valence-corrected chi connectivity index (χ0v) is 25.0. The molecule has 0 spiro atoms. The summed E-state index contributed by atoms with van der Waals surface area (Å²) in [5, 5.41) is 13.2. The van der Waals surface area contributed by atoms with E-state index in [2.05, 4.69) is 37.4 Å². The zero-order valence-electron chi connectivity index (χ0n) is 24.3. The van der Waals surface area contributed by atoms with Crippen molar-refractivity contribution in [1.82, 2.24) is 0 Å². The molecule has 0 bridgehead atoms. The third kappa shape index (κ3) is 7.00. The Bertz CT molecular complexity index is 1630. The number of anilines is 1. The molecule has 0 radical (unpaired) electrons. The van der Waals surface area contributed by atoms with E-state index < -0.39 is 11.9 Å². The average molecular weight is 578 g/mol. The second-order valence-corrected chi connectivity index (χ2v) is 12.4. The van der Waals surface area contributed by atoms with Crippen LogP contribution in [-0.4, -0.2) is 17.0 Å². The van der Waals surface area contributed by atoms with E-state index >= 15 is 0 Å². The van der Waals surface area contributed by atoms with Crippen LogP contribution < -0.4 is 5.32 Å². The molecule has 42 heavy (non-hydrogen) atoms. The fourth-order valence-electron chi connectivity index (χ4n) is 5.59. The Morgan fingerprint density at radius 1 is 0.929 bits per heavy atom. The predicted octanol–water partition coefficient (Wildman–Crippen LogP) is 9.57. The van der Waals surface area contributed by atoms with Crippen LogP contribution in [0.15, 0.2) is 97.1 Å². The van der Waals surface area contributed by atoms with Gasteiger partial charge in [0.15, 0.2) is 0 Å². The van der Waals surface area contributed by atoms with Gasteiger partial charge in [-0.05, 0) is 113 Å². The summed E-state index contributed by atoms with van der Waals surface area (Å²) >= 11 is 6.13. The summed E-state index contributed by atoms with van der Waals surface area (Å²) in [6, 6.07) is 28.8. The van der Waals surface area contributed by atoms with Gasteiger partial charge in [0.1, 0.15) is 0 Å². The highest BCUT2D eigenvalue weighted by Crippen LogP contribution is 2.38. The smallest absolute Gasteiger partial charge is 0.335 e. The van der Waals surface area contributed by atoms with Gasteiger partial charge in [0.2, 0.25) is 5.91 Å². The number of aryl methyl sites for hydroxylation is 1. The molecule has 5 rings (SSSR count). The van der Waals surface area contributed by atoms with Gasteiger partial charge in [0.25, 0.3) is 0 Å². The van der Waals surface area contributed by atoms with Crippen molar-refractivity contribution >= 4 is 34.7 Å². The van der Waals surface area contributed by atoms with Crippen molar-refractivity contribution in [2.45, 2.75) is 52.4 Å². The number of carbonyl (C=O) groups is 2. The molecule has 0 saturated carbocycles. The molecule has 1 aliphatic carbocycles. The Balaban J connectivity index is 1.42. The number of halogens is 1. The van der Waals surface area contributed by atoms with Gasteiger partial charge in [0.05, 0.1) is 11.5 Å². The van der Waals surface area contributed by atoms with Crippen molar-refractivity contribution in [2.24, 2.45) is 5.41 Å². The predicted molar refractivity (Wildman–Crippen MR) is 172 cm³/mol. The van der Waals surface area contributed by atoms with Crippen LogP contribution in [0.2, 0.25) is 5.02 Å². The molecule has 1 atom stereocenters. The maximum atomic E-state index is 13.9. The van der Waals surface area contributed by atoms with E-state index in [1.54, 1.807) is 24.3 Å². The second-order valence-electron chi connectivity index (χ2n) is 12.0. The Hall–Kier alpha value is -4.15. The summed E-state index contributed by atoms with van der Waals surface area (Å²) in [6.45, 7) is 6.63. The van der Waals surface area contributed by atoms with Crippen molar-refractivity contribution in [3.63, 3.8) is 0 Å². The van der Waals surface area contributed by atoms with Crippen LogP contribution in [0.5, 0.6) is 0 Å². The van der Waals surface area contributed by atoms with E-state index in [1.807, 2.05) is 61.5 Å². The number of aromatic carboxylic acids is 1. The molecule has 1 amide bonds. The molecule has 0 aliphatic heterocycles. The van der Waals surface area contributed by atoms with Gasteiger partial charge in [-0.15, -0.1) is 0 Å². The molecule has 4 aromatic carbocycles. The number of carboxylic acid groups (broad SMARTS) is 1. The summed E-state index contributed by atoms with van der Waals surface area (Å²) in [4.78, 5) is 25.2. The minimum Gasteiger partial charge on any atom is -0.478 e. The van der Waals surface area contributed by atoms with E-state index in [1.165, 1.54) is 5.57 Å². The quantitative estimate of drug-likeness (QED) is 0.219. The van der Waals surface area contributed by atoms with Crippen LogP contribution >= 0.6 is 11.6 Å². The maximum absolute atomic E-state index is 13.9. The van der Waals surface area contributed by atoms with E-state index in [9.17, 15) is 14.7 Å². The topological polar surface area (TPSA) is 66.4 Å². The lowest BCUT2D eigenvalue weighted by molar-refractivity contribution is -0.117. The molecule has 2 N–H and O–H groups in total. The van der Waals surface area contributed by atoms with E-state index in [-0.39, 0.29) is 11.5 Å². The van der Waals surface area contributed by atoms with Crippen LogP contribution in [0.25, 0.3) is 16.7 Å². The van der Waals surface area contributed by atoms with Crippen molar-refractivity contribution in [3.05, 3.63) is 130 Å². The normalized spacial score (nSPS) is 15.0. The monoisotopic (exact) mass is 577 g/mol. The first-order valence-electron chi connectivity index (χ1n) is 14.4. The summed E-state index contributed by atoms with van der Waals surface area (Å²) < 4.78 is 0. The van der Waals surface area contributed by atoms with E-state index in [4.69, 9.17) is 11.6 Å². The van der Waals surface area contributed by atoms with Gasteiger partial charge >= 0.3 is 5.97 Å². The molecule has 0 heterocycles. The summed E-state index contributed by atoms with van der Waals surface area (Å²) in [5.41, 5.74) is 8.81. The summed E-state index contributed by atoms with van der Waals surface area (Å²) in [7, 11) is 0. The molecule has 1 unspecified atom stereocenters. The maximum Gasteiger partial charge on any atom is 0.335 e. The first kappa shape index (κ1) is 29.3. The third-order valence-electron chi connectivity index (χ3n) is 8.24. The first-order valence-corrected chi connectivity index (χ1v) is 14.7. The number of carboxylic acids is 1. The average Bonchev–Trinajstić information content (AvgIpc) is 2.97. The Labute approximate surface area is 253 Å². The van der Waals surface area contributed by atoms with Crippen LogP contribution in [-0.2, 0) is 11.2 Å². The van der Waals surface area contributed by atoms with Crippen molar-refractivity contribution < 1.29 is 14.7 Å². The standard InChI is InChI=1S/C37H36ClNO3/c1-24-21-31(38)13-16-33(24)27-11-14-32(15-12-27)39-35(40)34(22-25-7-9-28(10-8-25)36(41)42)30-6-4-5-29(23-30)26-17-19-37(2,3)20-18-26/h4-17,21,23,34H,18-20,22H2,1-3H3,(H,39,40)(H,41,42). The number of amides is 1. The third-order valence-corrected chi connectivity index (χ3v) is 8.48. The highest BCUT2D eigenvalue weighted by atomic mass is 35.5. The minimum atomic E-state index is -0.968. The first-order chi connectivity index (χ1) is 20.1. The largest absolute Gasteiger partial charge is 0.478 e. The zero-order chi connectivity index (χ0) is 29.9. The van der Waals surface area contributed by atoms with Gasteiger partial charge in [-0.1, -0.05) is 86.1 Å². The van der Waals surface area contributed by atoms with Gasteiger partial charge < -0.3 is 10.4 Å². The van der Waals surface area contributed by atoms with Crippen molar-refractivity contribution in [1.29, 1.82) is 0 Å². The minimum absolute atomic E-state index is 0.108. The van der Waals surface area contributed by atoms with Crippen LogP contribution in [0.1, 0.15) is 71.6 Å².